The Labute approximate surface area is 151 Å². The summed E-state index contributed by atoms with van der Waals surface area (Å²) in [5, 5.41) is 9.89. The number of nitrogens with zero attached hydrogens (tertiary/aromatic N) is 1. The molecule has 0 bridgehead atoms. The van der Waals surface area contributed by atoms with Gasteiger partial charge in [0.25, 0.3) is 0 Å². The summed E-state index contributed by atoms with van der Waals surface area (Å²) in [6, 6.07) is 2.57. The maximum Gasteiger partial charge on any atom is 0.408 e. The van der Waals surface area contributed by atoms with Crippen molar-refractivity contribution in [1.29, 1.82) is 0 Å². The van der Waals surface area contributed by atoms with Gasteiger partial charge in [-0.25, -0.2) is 18.4 Å². The lowest BCUT2D eigenvalue weighted by atomic mass is 9.67. The van der Waals surface area contributed by atoms with E-state index in [4.69, 9.17) is 0 Å². The summed E-state index contributed by atoms with van der Waals surface area (Å²) >= 11 is 0. The molecule has 1 aromatic rings. The second-order valence-corrected chi connectivity index (χ2v) is 7.38. The predicted octanol–water partition coefficient (Wildman–Crippen LogP) is 4.08. The van der Waals surface area contributed by atoms with Crippen LogP contribution in [0.3, 0.4) is 0 Å². The van der Waals surface area contributed by atoms with E-state index in [9.17, 15) is 23.5 Å². The number of likely N-dealkylation sites (tertiary alicyclic amines) is 1. The van der Waals surface area contributed by atoms with Gasteiger partial charge in [0.2, 0.25) is 0 Å². The van der Waals surface area contributed by atoms with Gasteiger partial charge in [-0.2, -0.15) is 0 Å². The van der Waals surface area contributed by atoms with Gasteiger partial charge in [0.05, 0.1) is 18.7 Å². The second-order valence-electron chi connectivity index (χ2n) is 7.38. The fourth-order valence-corrected chi connectivity index (χ4v) is 3.86. The summed E-state index contributed by atoms with van der Waals surface area (Å²) < 4.78 is 32.6. The van der Waals surface area contributed by atoms with E-state index in [1.165, 1.54) is 30.2 Å². The number of hydrogen-bond acceptors (Lipinski definition) is 3. The smallest absolute Gasteiger partial charge is 0.408 e. The molecule has 1 saturated heterocycles. The molecule has 5 nitrogen and oxygen atoms in total. The molecule has 1 aromatic carbocycles. The molecule has 2 atom stereocenters. The summed E-state index contributed by atoms with van der Waals surface area (Å²) in [5.74, 6) is -2.11. The molecule has 1 aliphatic rings. The first-order valence-electron chi connectivity index (χ1n) is 8.28. The van der Waals surface area contributed by atoms with Crippen LogP contribution in [0, 0.1) is 17.0 Å². The topological polar surface area (TPSA) is 66.8 Å². The van der Waals surface area contributed by atoms with Crippen molar-refractivity contribution in [2.45, 2.75) is 45.2 Å². The normalized spacial score (nSPS) is 23.5. The Morgan fingerprint density at radius 3 is 2.50 bits per heavy atom. The second kappa shape index (κ2) is 7.05. The van der Waals surface area contributed by atoms with Gasteiger partial charge in [-0.05, 0) is 24.3 Å². The molecule has 2 rings (SSSR count). The molecular weight excluding hydrogens is 344 g/mol. The van der Waals surface area contributed by atoms with Crippen LogP contribution < -0.4 is 0 Å². The summed E-state index contributed by atoms with van der Waals surface area (Å²) in [4.78, 5) is 24.7. The molecule has 0 aliphatic carbocycles. The predicted molar refractivity (Wildman–Crippen MR) is 91.5 cm³/mol. The third-order valence-electron chi connectivity index (χ3n) is 5.02. The highest BCUT2D eigenvalue weighted by molar-refractivity contribution is 5.82. The fourth-order valence-electron chi connectivity index (χ4n) is 3.86. The molecule has 0 aromatic heterocycles. The maximum absolute atomic E-state index is 14.7. The Morgan fingerprint density at radius 1 is 1.35 bits per heavy atom. The van der Waals surface area contributed by atoms with E-state index >= 15 is 0 Å². The largest absolute Gasteiger partial charge is 0.466 e. The first kappa shape index (κ1) is 19.9. The van der Waals surface area contributed by atoms with Crippen LogP contribution in [0.2, 0.25) is 0 Å². The molecule has 26 heavy (non-hydrogen) atoms. The molecule has 1 fully saturated rings. The molecule has 1 aliphatic heterocycles. The molecule has 1 amide bonds. The van der Waals surface area contributed by atoms with Gasteiger partial charge in [0.1, 0.15) is 11.6 Å². The van der Waals surface area contributed by atoms with Crippen LogP contribution in [0.4, 0.5) is 13.6 Å². The number of halogens is 2. The number of carbonyl (C=O) groups is 2. The van der Waals surface area contributed by atoms with Crippen LogP contribution in [-0.4, -0.2) is 35.2 Å². The number of amides is 1. The maximum atomic E-state index is 14.7. The Hall–Kier alpha value is -2.44. The highest BCUT2D eigenvalue weighted by Gasteiger charge is 2.57. The molecule has 142 valence electrons. The first-order valence-corrected chi connectivity index (χ1v) is 8.28. The zero-order chi connectivity index (χ0) is 19.7. The van der Waals surface area contributed by atoms with E-state index in [1.807, 2.05) is 20.8 Å². The van der Waals surface area contributed by atoms with Crippen molar-refractivity contribution in [1.82, 2.24) is 4.90 Å². The molecule has 1 heterocycles. The number of hydrogen-bond donors (Lipinski definition) is 1. The summed E-state index contributed by atoms with van der Waals surface area (Å²) in [5.41, 5.74) is -1.76. The highest BCUT2D eigenvalue weighted by atomic mass is 19.1. The van der Waals surface area contributed by atoms with Crippen molar-refractivity contribution in [2.75, 3.05) is 7.11 Å². The lowest BCUT2D eigenvalue weighted by Crippen LogP contribution is -2.55. The van der Waals surface area contributed by atoms with Gasteiger partial charge in [-0.3, -0.25) is 4.90 Å². The minimum Gasteiger partial charge on any atom is -0.466 e. The van der Waals surface area contributed by atoms with Crippen molar-refractivity contribution in [2.24, 2.45) is 5.41 Å². The van der Waals surface area contributed by atoms with Crippen molar-refractivity contribution >= 4 is 12.1 Å². The first-order chi connectivity index (χ1) is 12.0. The lowest BCUT2D eigenvalue weighted by molar-refractivity contribution is -0.134. The van der Waals surface area contributed by atoms with E-state index in [2.05, 4.69) is 4.74 Å². The lowest BCUT2D eigenvalue weighted by Gasteiger charge is -2.48. The molecule has 1 N–H and O–H groups in total. The quantitative estimate of drug-likeness (QED) is 0.646. The van der Waals surface area contributed by atoms with Gasteiger partial charge in [-0.1, -0.05) is 32.9 Å². The summed E-state index contributed by atoms with van der Waals surface area (Å²) in [6.45, 7) is 5.45. The van der Waals surface area contributed by atoms with E-state index in [0.717, 1.165) is 12.1 Å². The van der Waals surface area contributed by atoms with Crippen LogP contribution in [0.25, 0.3) is 0 Å². The van der Waals surface area contributed by atoms with Crippen LogP contribution >= 0.6 is 0 Å². The van der Waals surface area contributed by atoms with Gasteiger partial charge in [0.15, 0.2) is 0 Å². The van der Waals surface area contributed by atoms with E-state index in [1.54, 1.807) is 0 Å². The van der Waals surface area contributed by atoms with Crippen molar-refractivity contribution in [3.05, 3.63) is 47.5 Å². The van der Waals surface area contributed by atoms with Gasteiger partial charge >= 0.3 is 12.1 Å². The number of methoxy groups -OCH3 is 1. The number of carbonyl (C=O) groups excluding carboxylic acids is 1. The van der Waals surface area contributed by atoms with Crippen molar-refractivity contribution in [3.8, 4) is 0 Å². The minimum absolute atomic E-state index is 0.128. The molecule has 0 saturated carbocycles. The van der Waals surface area contributed by atoms with Crippen molar-refractivity contribution in [3.63, 3.8) is 0 Å². The summed E-state index contributed by atoms with van der Waals surface area (Å²) in [7, 11) is 1.23. The minimum atomic E-state index is -1.24. The zero-order valence-corrected chi connectivity index (χ0v) is 15.3. The Morgan fingerprint density at radius 2 is 2.00 bits per heavy atom. The third kappa shape index (κ3) is 3.30. The number of rotatable bonds is 3. The Bertz CT molecular complexity index is 742. The number of benzene rings is 1. The van der Waals surface area contributed by atoms with Gasteiger partial charge in [-0.15, -0.1) is 0 Å². The standard InChI is InChI=1S/C19H23F2NO4/c1-18(2,3)19(14-7-5-12(20)11-15(14)21)10-9-13(22(19)17(24)25)6-8-16(23)26-4/h5-8,11,13H,9-10H2,1-4H3,(H,24,25)/t13-,19+/m0/s1. The van der Waals surface area contributed by atoms with Gasteiger partial charge in [0, 0.05) is 17.7 Å². The average molecular weight is 367 g/mol. The van der Waals surface area contributed by atoms with Gasteiger partial charge < -0.3 is 9.84 Å². The zero-order valence-electron chi connectivity index (χ0n) is 15.3. The van der Waals surface area contributed by atoms with E-state index in [-0.39, 0.29) is 5.56 Å². The van der Waals surface area contributed by atoms with E-state index < -0.39 is 40.7 Å². The Kier molecular flexibility index (Phi) is 5.39. The fraction of sp³-hybridized carbons (Fsp3) is 0.474. The highest BCUT2D eigenvalue weighted by Crippen LogP contribution is 2.54. The number of esters is 1. The van der Waals surface area contributed by atoms with Crippen LogP contribution in [-0.2, 0) is 15.1 Å². The molecule has 0 radical (unpaired) electrons. The number of carboxylic acid groups (broad SMARTS) is 1. The monoisotopic (exact) mass is 367 g/mol. The summed E-state index contributed by atoms with van der Waals surface area (Å²) in [6.07, 6.45) is 2.12. The van der Waals surface area contributed by atoms with E-state index in [0.29, 0.717) is 12.8 Å². The molecular formula is C19H23F2NO4. The van der Waals surface area contributed by atoms with Crippen LogP contribution in [0.5, 0.6) is 0 Å². The molecule has 0 spiro atoms. The SMILES string of the molecule is COC(=O)C=C[C@H]1CC[C@@](c2ccc(F)cc2F)(C(C)(C)C)N1C(=O)O. The number of ether oxygens (including phenoxy) is 1. The molecule has 0 unspecified atom stereocenters. The van der Waals surface area contributed by atoms with Crippen LogP contribution in [0.15, 0.2) is 30.4 Å². The Balaban J connectivity index is 2.63. The average Bonchev–Trinajstić information content (AvgIpc) is 2.93. The van der Waals surface area contributed by atoms with Crippen LogP contribution in [0.1, 0.15) is 39.2 Å². The molecule has 7 heteroatoms. The van der Waals surface area contributed by atoms with Crippen molar-refractivity contribution < 1.29 is 28.2 Å². The third-order valence-corrected chi connectivity index (χ3v) is 5.02.